The monoisotopic (exact) mass is 298 g/mol. The van der Waals surface area contributed by atoms with E-state index in [0.29, 0.717) is 21.6 Å². The fraction of sp³-hybridized carbons (Fsp3) is 0. The molecule has 0 atom stereocenters. The first-order chi connectivity index (χ1) is 10.1. The molecule has 4 nitrogen and oxygen atoms in total. The number of hydrogen-bond acceptors (Lipinski definition) is 3. The number of aromatic amines is 1. The topological polar surface area (TPSA) is 66.0 Å². The lowest BCUT2D eigenvalue weighted by Crippen LogP contribution is -2.12. The van der Waals surface area contributed by atoms with Crippen LogP contribution in [-0.2, 0) is 0 Å². The van der Waals surface area contributed by atoms with Gasteiger partial charge in [0.25, 0.3) is 5.56 Å². The molecule has 0 bridgehead atoms. The predicted molar refractivity (Wildman–Crippen MR) is 84.3 cm³/mol. The van der Waals surface area contributed by atoms with E-state index in [9.17, 15) is 9.90 Å². The molecule has 0 unspecified atom stereocenters. The molecule has 2 N–H and O–H groups in total. The number of aliphatic hydroxyl groups excluding tert-OH is 1. The van der Waals surface area contributed by atoms with Gasteiger partial charge in [-0.2, -0.15) is 0 Å². The van der Waals surface area contributed by atoms with Crippen LogP contribution in [-0.4, -0.2) is 15.1 Å². The van der Waals surface area contributed by atoms with Crippen LogP contribution >= 0.6 is 11.6 Å². The number of nitrogens with one attached hydrogen (secondary N) is 1. The van der Waals surface area contributed by atoms with E-state index in [1.54, 1.807) is 42.5 Å². The van der Waals surface area contributed by atoms with Gasteiger partial charge in [-0.25, -0.2) is 4.98 Å². The van der Waals surface area contributed by atoms with Crippen molar-refractivity contribution in [1.29, 1.82) is 0 Å². The lowest BCUT2D eigenvalue weighted by molar-refractivity contribution is 0.515. The van der Waals surface area contributed by atoms with E-state index < -0.39 is 0 Å². The van der Waals surface area contributed by atoms with Crippen LogP contribution in [0.25, 0.3) is 22.9 Å². The highest BCUT2D eigenvalue weighted by Gasteiger charge is 2.05. The standard InChI is InChI=1S/C16H11ClN2O2/c17-11-6-7-12-13(8-11)19-16(21)14(18-12)9-15(20)10-4-2-1-3-5-10/h1-9,20H,(H,19,21)/b15-9-. The van der Waals surface area contributed by atoms with E-state index in [4.69, 9.17) is 11.6 Å². The van der Waals surface area contributed by atoms with Gasteiger partial charge in [0, 0.05) is 16.7 Å². The third kappa shape index (κ3) is 2.80. The molecule has 1 heterocycles. The second kappa shape index (κ2) is 5.42. The molecule has 2 aromatic carbocycles. The second-order valence-corrected chi connectivity index (χ2v) is 4.94. The van der Waals surface area contributed by atoms with Gasteiger partial charge < -0.3 is 10.1 Å². The van der Waals surface area contributed by atoms with Crippen molar-refractivity contribution in [2.24, 2.45) is 0 Å². The average Bonchev–Trinajstić information content (AvgIpc) is 2.49. The number of rotatable bonds is 2. The maximum Gasteiger partial charge on any atom is 0.274 e. The lowest BCUT2D eigenvalue weighted by Gasteiger charge is -2.02. The quantitative estimate of drug-likeness (QED) is 0.710. The van der Waals surface area contributed by atoms with E-state index in [0.717, 1.165) is 0 Å². The van der Waals surface area contributed by atoms with Crippen molar-refractivity contribution in [3.63, 3.8) is 0 Å². The Morgan fingerprint density at radius 2 is 1.95 bits per heavy atom. The summed E-state index contributed by atoms with van der Waals surface area (Å²) < 4.78 is 0. The van der Waals surface area contributed by atoms with Crippen LogP contribution in [0, 0.1) is 0 Å². The van der Waals surface area contributed by atoms with Crippen molar-refractivity contribution in [2.75, 3.05) is 0 Å². The minimum absolute atomic E-state index is 0.0121. The van der Waals surface area contributed by atoms with Gasteiger partial charge in [-0.3, -0.25) is 4.79 Å². The van der Waals surface area contributed by atoms with E-state index >= 15 is 0 Å². The Morgan fingerprint density at radius 3 is 2.71 bits per heavy atom. The van der Waals surface area contributed by atoms with Crippen LogP contribution in [0.4, 0.5) is 0 Å². The minimum Gasteiger partial charge on any atom is -0.507 e. The molecule has 5 heteroatoms. The van der Waals surface area contributed by atoms with Crippen LogP contribution in [0.2, 0.25) is 5.02 Å². The molecule has 0 amide bonds. The summed E-state index contributed by atoms with van der Waals surface area (Å²) in [4.78, 5) is 18.9. The van der Waals surface area contributed by atoms with E-state index in [1.807, 2.05) is 6.07 Å². The number of H-pyrrole nitrogens is 1. The highest BCUT2D eigenvalue weighted by atomic mass is 35.5. The summed E-state index contributed by atoms with van der Waals surface area (Å²) in [6.07, 6.45) is 1.35. The van der Waals surface area contributed by atoms with Crippen molar-refractivity contribution in [2.45, 2.75) is 0 Å². The number of fused-ring (bicyclic) bond motifs is 1. The largest absolute Gasteiger partial charge is 0.507 e. The molecule has 21 heavy (non-hydrogen) atoms. The Kier molecular flexibility index (Phi) is 3.46. The summed E-state index contributed by atoms with van der Waals surface area (Å²) in [6, 6.07) is 14.0. The predicted octanol–water partition coefficient (Wildman–Crippen LogP) is 3.63. The van der Waals surface area contributed by atoms with E-state index in [1.165, 1.54) is 6.08 Å². The number of nitrogens with zero attached hydrogens (tertiary/aromatic N) is 1. The molecule has 0 radical (unpaired) electrons. The first kappa shape index (κ1) is 13.4. The molecular weight excluding hydrogens is 288 g/mol. The summed E-state index contributed by atoms with van der Waals surface area (Å²) in [5.41, 5.74) is 1.54. The molecule has 0 aliphatic carbocycles. The molecule has 0 saturated heterocycles. The van der Waals surface area contributed by atoms with Crippen molar-refractivity contribution < 1.29 is 5.11 Å². The third-order valence-electron chi connectivity index (χ3n) is 3.02. The SMILES string of the molecule is O=c1[nH]c2cc(Cl)ccc2nc1/C=C(\O)c1ccccc1. The summed E-state index contributed by atoms with van der Waals surface area (Å²) in [7, 11) is 0. The average molecular weight is 299 g/mol. The van der Waals surface area contributed by atoms with Gasteiger partial charge in [-0.05, 0) is 18.2 Å². The zero-order valence-corrected chi connectivity index (χ0v) is 11.6. The maximum absolute atomic E-state index is 12.0. The summed E-state index contributed by atoms with van der Waals surface area (Å²) in [5, 5.41) is 10.6. The first-order valence-electron chi connectivity index (χ1n) is 6.29. The third-order valence-corrected chi connectivity index (χ3v) is 3.26. The number of benzene rings is 2. The minimum atomic E-state index is -0.382. The molecule has 3 aromatic rings. The lowest BCUT2D eigenvalue weighted by atomic mass is 10.1. The first-order valence-corrected chi connectivity index (χ1v) is 6.67. The normalized spacial score (nSPS) is 11.8. The summed E-state index contributed by atoms with van der Waals surface area (Å²) in [6.45, 7) is 0. The van der Waals surface area contributed by atoms with Gasteiger partial charge in [-0.1, -0.05) is 41.9 Å². The van der Waals surface area contributed by atoms with Gasteiger partial charge in [0.15, 0.2) is 0 Å². The Morgan fingerprint density at radius 1 is 1.19 bits per heavy atom. The molecular formula is C16H11ClN2O2. The van der Waals surface area contributed by atoms with Crippen molar-refractivity contribution in [1.82, 2.24) is 9.97 Å². The van der Waals surface area contributed by atoms with E-state index in [2.05, 4.69) is 9.97 Å². The van der Waals surface area contributed by atoms with E-state index in [-0.39, 0.29) is 17.0 Å². The van der Waals surface area contributed by atoms with Crippen LogP contribution in [0.15, 0.2) is 53.3 Å². The second-order valence-electron chi connectivity index (χ2n) is 4.51. The van der Waals surface area contributed by atoms with Gasteiger partial charge in [0.05, 0.1) is 11.0 Å². The molecule has 0 spiro atoms. The van der Waals surface area contributed by atoms with Crippen molar-refractivity contribution in [3.05, 3.63) is 75.2 Å². The molecule has 1 aromatic heterocycles. The molecule has 0 saturated carbocycles. The Hall–Kier alpha value is -2.59. The molecule has 104 valence electrons. The summed E-state index contributed by atoms with van der Waals surface area (Å²) in [5.74, 6) is -0.0121. The Labute approximate surface area is 125 Å². The fourth-order valence-corrected chi connectivity index (χ4v) is 2.16. The van der Waals surface area contributed by atoms with Crippen molar-refractivity contribution in [3.8, 4) is 0 Å². The summed E-state index contributed by atoms with van der Waals surface area (Å²) >= 11 is 5.87. The van der Waals surface area contributed by atoms with Crippen LogP contribution in [0.1, 0.15) is 11.3 Å². The van der Waals surface area contributed by atoms with Gasteiger partial charge in [0.2, 0.25) is 0 Å². The van der Waals surface area contributed by atoms with Gasteiger partial charge in [-0.15, -0.1) is 0 Å². The van der Waals surface area contributed by atoms with Crippen LogP contribution in [0.3, 0.4) is 0 Å². The smallest absolute Gasteiger partial charge is 0.274 e. The number of halogens is 1. The van der Waals surface area contributed by atoms with Gasteiger partial charge in [0.1, 0.15) is 11.5 Å². The molecule has 0 aliphatic rings. The number of aromatic nitrogens is 2. The zero-order valence-electron chi connectivity index (χ0n) is 10.9. The van der Waals surface area contributed by atoms with Gasteiger partial charge >= 0.3 is 0 Å². The fourth-order valence-electron chi connectivity index (χ4n) is 1.99. The number of aliphatic hydroxyl groups is 1. The Bertz CT molecular complexity index is 886. The molecule has 0 fully saturated rings. The zero-order chi connectivity index (χ0) is 14.8. The van der Waals surface area contributed by atoms with Crippen LogP contribution < -0.4 is 5.56 Å². The Balaban J connectivity index is 2.11. The van der Waals surface area contributed by atoms with Crippen LogP contribution in [0.5, 0.6) is 0 Å². The molecule has 0 aliphatic heterocycles. The highest BCUT2D eigenvalue weighted by Crippen LogP contribution is 2.16. The molecule has 3 rings (SSSR count). The highest BCUT2D eigenvalue weighted by molar-refractivity contribution is 6.31. The maximum atomic E-state index is 12.0. The van der Waals surface area contributed by atoms with Crippen molar-refractivity contribution >= 4 is 34.5 Å². The number of hydrogen-bond donors (Lipinski definition) is 2.